The van der Waals surface area contributed by atoms with Crippen LogP contribution in [0.4, 0.5) is 0 Å². The van der Waals surface area contributed by atoms with Crippen molar-refractivity contribution in [2.24, 2.45) is 5.10 Å². The van der Waals surface area contributed by atoms with Crippen LogP contribution >= 0.6 is 31.9 Å². The van der Waals surface area contributed by atoms with Crippen LogP contribution < -0.4 is 5.43 Å². The van der Waals surface area contributed by atoms with Gasteiger partial charge in [-0.25, -0.2) is 5.43 Å². The minimum Gasteiger partial charge on any atom is -0.372 e. The molecule has 1 amide bonds. The number of amides is 1. The molecule has 28 heavy (non-hydrogen) atoms. The summed E-state index contributed by atoms with van der Waals surface area (Å²) in [5.41, 5.74) is 3.43. The highest BCUT2D eigenvalue weighted by molar-refractivity contribution is 9.11. The Hall–Kier alpha value is -2.28. The van der Waals surface area contributed by atoms with Crippen LogP contribution in [0.25, 0.3) is 0 Å². The fourth-order valence-electron chi connectivity index (χ4n) is 2.77. The molecule has 0 aromatic heterocycles. The Kier molecular flexibility index (Phi) is 6.44. The molecule has 0 fully saturated rings. The van der Waals surface area contributed by atoms with Gasteiger partial charge in [-0.05, 0) is 41.3 Å². The quantitative estimate of drug-likeness (QED) is 0.385. The largest absolute Gasteiger partial charge is 0.372 e. The van der Waals surface area contributed by atoms with Crippen molar-refractivity contribution in [3.8, 4) is 0 Å². The minimum atomic E-state index is -1.85. The van der Waals surface area contributed by atoms with E-state index in [1.54, 1.807) is 48.5 Å². The second-order valence-electron chi connectivity index (χ2n) is 6.25. The fourth-order valence-corrected chi connectivity index (χ4v) is 4.00. The number of halogens is 2. The van der Waals surface area contributed by atoms with Crippen LogP contribution in [-0.4, -0.2) is 17.2 Å². The molecule has 0 bridgehead atoms. The van der Waals surface area contributed by atoms with E-state index in [1.165, 1.54) is 6.21 Å². The summed E-state index contributed by atoms with van der Waals surface area (Å²) in [6.45, 7) is 1.98. The molecule has 142 valence electrons. The Morgan fingerprint density at radius 3 is 1.89 bits per heavy atom. The van der Waals surface area contributed by atoms with Gasteiger partial charge in [-0.2, -0.15) is 5.10 Å². The molecule has 4 nitrogen and oxygen atoms in total. The van der Waals surface area contributed by atoms with Crippen LogP contribution in [0.3, 0.4) is 0 Å². The van der Waals surface area contributed by atoms with E-state index in [-0.39, 0.29) is 0 Å². The van der Waals surface area contributed by atoms with E-state index in [0.717, 1.165) is 20.1 Å². The van der Waals surface area contributed by atoms with Crippen LogP contribution in [0, 0.1) is 6.92 Å². The molecule has 0 spiro atoms. The highest BCUT2D eigenvalue weighted by atomic mass is 79.9. The molecule has 0 aliphatic rings. The van der Waals surface area contributed by atoms with Crippen molar-refractivity contribution in [2.75, 3.05) is 0 Å². The number of hydrogen-bond donors (Lipinski definition) is 2. The van der Waals surface area contributed by atoms with Gasteiger partial charge in [0.2, 0.25) is 0 Å². The van der Waals surface area contributed by atoms with Gasteiger partial charge >= 0.3 is 0 Å². The summed E-state index contributed by atoms with van der Waals surface area (Å²) in [6, 6.07) is 21.4. The van der Waals surface area contributed by atoms with Gasteiger partial charge in [0.05, 0.1) is 6.21 Å². The first-order valence-corrected chi connectivity index (χ1v) is 10.1. The van der Waals surface area contributed by atoms with E-state index in [2.05, 4.69) is 42.4 Å². The van der Waals surface area contributed by atoms with Crippen molar-refractivity contribution in [3.63, 3.8) is 0 Å². The number of carbonyl (C=O) groups is 1. The maximum absolute atomic E-state index is 13.0. The Morgan fingerprint density at radius 2 is 1.43 bits per heavy atom. The standard InChI is InChI=1S/C22H18Br2N2O2/c1-15-19(23)12-16(13-20(15)24)14-25-26-21(27)22(28,17-8-4-2-5-9-17)18-10-6-3-7-11-18/h2-14,28H,1H3,(H,26,27)/b25-14+. The molecule has 0 radical (unpaired) electrons. The molecule has 3 aromatic rings. The molecule has 0 heterocycles. The van der Waals surface area contributed by atoms with Crippen LogP contribution in [-0.2, 0) is 10.4 Å². The lowest BCUT2D eigenvalue weighted by Gasteiger charge is -2.27. The summed E-state index contributed by atoms with van der Waals surface area (Å²) < 4.78 is 1.86. The molecule has 0 saturated carbocycles. The Morgan fingerprint density at radius 1 is 0.964 bits per heavy atom. The van der Waals surface area contributed by atoms with Crippen molar-refractivity contribution in [1.29, 1.82) is 0 Å². The summed E-state index contributed by atoms with van der Waals surface area (Å²) in [7, 11) is 0. The van der Waals surface area contributed by atoms with Crippen molar-refractivity contribution >= 4 is 44.0 Å². The molecule has 0 saturated heterocycles. The highest BCUT2D eigenvalue weighted by Gasteiger charge is 2.39. The Balaban J connectivity index is 1.89. The van der Waals surface area contributed by atoms with Crippen molar-refractivity contribution in [3.05, 3.63) is 104 Å². The number of nitrogens with one attached hydrogen (secondary N) is 1. The molecule has 6 heteroatoms. The number of rotatable bonds is 5. The molecule has 0 unspecified atom stereocenters. The topological polar surface area (TPSA) is 61.7 Å². The van der Waals surface area contributed by atoms with Gasteiger partial charge < -0.3 is 5.11 Å². The lowest BCUT2D eigenvalue weighted by atomic mass is 9.85. The van der Waals surface area contributed by atoms with Gasteiger partial charge in [0, 0.05) is 8.95 Å². The Bertz CT molecular complexity index is 943. The second kappa shape index (κ2) is 8.82. The summed E-state index contributed by atoms with van der Waals surface area (Å²) in [6.07, 6.45) is 1.53. The van der Waals surface area contributed by atoms with Gasteiger partial charge in [0.15, 0.2) is 5.60 Å². The van der Waals surface area contributed by atoms with Crippen LogP contribution in [0.5, 0.6) is 0 Å². The lowest BCUT2D eigenvalue weighted by molar-refractivity contribution is -0.136. The van der Waals surface area contributed by atoms with Crippen molar-refractivity contribution in [1.82, 2.24) is 5.43 Å². The SMILES string of the molecule is Cc1c(Br)cc(/C=N/NC(=O)C(O)(c2ccccc2)c2ccccc2)cc1Br. The smallest absolute Gasteiger partial charge is 0.281 e. The van der Waals surface area contributed by atoms with Crippen LogP contribution in [0.2, 0.25) is 0 Å². The van der Waals surface area contributed by atoms with E-state index in [0.29, 0.717) is 11.1 Å². The lowest BCUT2D eigenvalue weighted by Crippen LogP contribution is -2.43. The molecule has 0 atom stereocenters. The molecule has 3 aromatic carbocycles. The average Bonchev–Trinajstić information content (AvgIpc) is 2.72. The summed E-state index contributed by atoms with van der Waals surface area (Å²) in [4.78, 5) is 13.0. The first-order valence-electron chi connectivity index (χ1n) is 8.55. The first-order chi connectivity index (χ1) is 13.4. The van der Waals surface area contributed by atoms with Gasteiger partial charge in [0.25, 0.3) is 5.91 Å². The maximum atomic E-state index is 13.0. The van der Waals surface area contributed by atoms with E-state index >= 15 is 0 Å². The zero-order valence-corrected chi connectivity index (χ0v) is 18.2. The van der Waals surface area contributed by atoms with Crippen LogP contribution in [0.1, 0.15) is 22.3 Å². The summed E-state index contributed by atoms with van der Waals surface area (Å²) >= 11 is 6.98. The third-order valence-corrected chi connectivity index (χ3v) is 6.04. The highest BCUT2D eigenvalue weighted by Crippen LogP contribution is 2.30. The van der Waals surface area contributed by atoms with Gasteiger partial charge in [-0.3, -0.25) is 4.79 Å². The number of nitrogens with zero attached hydrogens (tertiary/aromatic N) is 1. The van der Waals surface area contributed by atoms with Gasteiger partial charge in [0.1, 0.15) is 0 Å². The van der Waals surface area contributed by atoms with E-state index < -0.39 is 11.5 Å². The van der Waals surface area contributed by atoms with Crippen molar-refractivity contribution < 1.29 is 9.90 Å². The number of hydrogen-bond acceptors (Lipinski definition) is 3. The van der Waals surface area contributed by atoms with Crippen LogP contribution in [0.15, 0.2) is 86.8 Å². The average molecular weight is 502 g/mol. The van der Waals surface area contributed by atoms with E-state index in [9.17, 15) is 9.90 Å². The Labute approximate surface area is 180 Å². The number of hydrazone groups is 1. The second-order valence-corrected chi connectivity index (χ2v) is 7.96. The normalized spacial score (nSPS) is 11.6. The van der Waals surface area contributed by atoms with Gasteiger partial charge in [-0.1, -0.05) is 92.5 Å². The summed E-state index contributed by atoms with van der Waals surface area (Å²) in [5.74, 6) is -0.633. The number of carbonyl (C=O) groups excluding carboxylic acids is 1. The zero-order valence-electron chi connectivity index (χ0n) is 15.1. The zero-order chi connectivity index (χ0) is 20.1. The molecular weight excluding hydrogens is 484 g/mol. The monoisotopic (exact) mass is 500 g/mol. The third-order valence-electron chi connectivity index (χ3n) is 4.39. The minimum absolute atomic E-state index is 0.467. The van der Waals surface area contributed by atoms with E-state index in [1.807, 2.05) is 31.2 Å². The third kappa shape index (κ3) is 4.24. The number of benzene rings is 3. The first kappa shape index (κ1) is 20.5. The predicted molar refractivity (Wildman–Crippen MR) is 118 cm³/mol. The molecule has 2 N–H and O–H groups in total. The fraction of sp³-hybridized carbons (Fsp3) is 0.0909. The molecule has 3 rings (SSSR count). The molecule has 0 aliphatic heterocycles. The van der Waals surface area contributed by atoms with Crippen molar-refractivity contribution in [2.45, 2.75) is 12.5 Å². The van der Waals surface area contributed by atoms with E-state index in [4.69, 9.17) is 0 Å². The summed E-state index contributed by atoms with van der Waals surface area (Å²) in [5, 5.41) is 15.4. The van der Waals surface area contributed by atoms with Gasteiger partial charge in [-0.15, -0.1) is 0 Å². The molecular formula is C22H18Br2N2O2. The maximum Gasteiger partial charge on any atom is 0.281 e. The predicted octanol–water partition coefficient (Wildman–Crippen LogP) is 4.91. The molecule has 0 aliphatic carbocycles. The number of aliphatic hydroxyl groups is 1.